The Bertz CT molecular complexity index is 634. The first kappa shape index (κ1) is 18.0. The maximum atomic E-state index is 10.0. The van der Waals surface area contributed by atoms with Crippen LogP contribution in [0.15, 0.2) is 42.5 Å². The topological polar surface area (TPSA) is 61.7 Å². The normalized spacial score (nSPS) is 13.6. The van der Waals surface area contributed by atoms with Crippen molar-refractivity contribution < 1.29 is 14.9 Å². The molecule has 2 aromatic carbocycles. The monoisotopic (exact) mass is 355 g/mol. The SMILES string of the molecule is CNCC(O)C(O)c1ccc(OCc2ccc(Cl)c(Cl)c2)cc1. The molecule has 0 bridgehead atoms. The van der Waals surface area contributed by atoms with Gasteiger partial charge in [-0.2, -0.15) is 0 Å². The van der Waals surface area contributed by atoms with Gasteiger partial charge in [-0.1, -0.05) is 41.4 Å². The molecule has 0 amide bonds. The van der Waals surface area contributed by atoms with Crippen LogP contribution in [0.2, 0.25) is 10.0 Å². The van der Waals surface area contributed by atoms with E-state index in [0.29, 0.717) is 34.5 Å². The average Bonchev–Trinajstić information content (AvgIpc) is 2.56. The molecule has 124 valence electrons. The van der Waals surface area contributed by atoms with Gasteiger partial charge in [0.15, 0.2) is 0 Å². The van der Waals surface area contributed by atoms with Gasteiger partial charge in [-0.05, 0) is 42.4 Å². The second kappa shape index (κ2) is 8.52. The van der Waals surface area contributed by atoms with E-state index < -0.39 is 12.2 Å². The number of likely N-dealkylation sites (N-methyl/N-ethyl adjacent to an activating group) is 1. The van der Waals surface area contributed by atoms with Crippen molar-refractivity contribution in [3.05, 3.63) is 63.6 Å². The summed E-state index contributed by atoms with van der Waals surface area (Å²) in [7, 11) is 1.72. The number of hydrogen-bond acceptors (Lipinski definition) is 4. The molecule has 23 heavy (non-hydrogen) atoms. The van der Waals surface area contributed by atoms with Crippen molar-refractivity contribution in [3.63, 3.8) is 0 Å². The zero-order chi connectivity index (χ0) is 16.8. The Balaban J connectivity index is 1.95. The largest absolute Gasteiger partial charge is 0.489 e. The molecule has 4 nitrogen and oxygen atoms in total. The van der Waals surface area contributed by atoms with E-state index in [-0.39, 0.29) is 0 Å². The fourth-order valence-corrected chi connectivity index (χ4v) is 2.42. The van der Waals surface area contributed by atoms with Gasteiger partial charge in [-0.25, -0.2) is 0 Å². The van der Waals surface area contributed by atoms with Gasteiger partial charge in [0.05, 0.1) is 16.1 Å². The molecule has 2 aromatic rings. The van der Waals surface area contributed by atoms with Crippen LogP contribution in [0.1, 0.15) is 17.2 Å². The molecule has 0 aliphatic rings. The van der Waals surface area contributed by atoms with Crippen LogP contribution in [0.4, 0.5) is 0 Å². The van der Waals surface area contributed by atoms with Gasteiger partial charge in [0.1, 0.15) is 18.5 Å². The molecule has 0 spiro atoms. The second-order valence-corrected chi connectivity index (χ2v) is 5.99. The Morgan fingerprint density at radius 1 is 1.04 bits per heavy atom. The van der Waals surface area contributed by atoms with Crippen molar-refractivity contribution in [2.45, 2.75) is 18.8 Å². The van der Waals surface area contributed by atoms with Gasteiger partial charge in [0.2, 0.25) is 0 Å². The maximum absolute atomic E-state index is 10.0. The molecule has 0 fully saturated rings. The Morgan fingerprint density at radius 3 is 2.35 bits per heavy atom. The minimum atomic E-state index is -0.938. The van der Waals surface area contributed by atoms with Gasteiger partial charge in [-0.15, -0.1) is 0 Å². The summed E-state index contributed by atoms with van der Waals surface area (Å²) in [4.78, 5) is 0. The van der Waals surface area contributed by atoms with Crippen LogP contribution in [0.5, 0.6) is 5.75 Å². The van der Waals surface area contributed by atoms with Crippen molar-refractivity contribution in [2.75, 3.05) is 13.6 Å². The zero-order valence-electron chi connectivity index (χ0n) is 12.7. The summed E-state index contributed by atoms with van der Waals surface area (Å²) in [5.41, 5.74) is 1.54. The number of aliphatic hydroxyl groups is 2. The summed E-state index contributed by atoms with van der Waals surface area (Å²) in [6.45, 7) is 0.678. The molecule has 6 heteroatoms. The van der Waals surface area contributed by atoms with Gasteiger partial charge >= 0.3 is 0 Å². The van der Waals surface area contributed by atoms with Gasteiger partial charge < -0.3 is 20.3 Å². The highest BCUT2D eigenvalue weighted by molar-refractivity contribution is 6.42. The molecule has 0 heterocycles. The minimum Gasteiger partial charge on any atom is -0.489 e. The fraction of sp³-hybridized carbons (Fsp3) is 0.294. The van der Waals surface area contributed by atoms with Crippen LogP contribution in [0, 0.1) is 0 Å². The van der Waals surface area contributed by atoms with Gasteiger partial charge in [0, 0.05) is 6.54 Å². The zero-order valence-corrected chi connectivity index (χ0v) is 14.2. The van der Waals surface area contributed by atoms with E-state index in [1.54, 1.807) is 43.4 Å². The first-order valence-electron chi connectivity index (χ1n) is 7.18. The highest BCUT2D eigenvalue weighted by atomic mass is 35.5. The van der Waals surface area contributed by atoms with Crippen LogP contribution < -0.4 is 10.1 Å². The van der Waals surface area contributed by atoms with Gasteiger partial charge in [-0.3, -0.25) is 0 Å². The highest BCUT2D eigenvalue weighted by Crippen LogP contribution is 2.24. The number of rotatable bonds is 7. The van der Waals surface area contributed by atoms with Crippen molar-refractivity contribution >= 4 is 23.2 Å². The van der Waals surface area contributed by atoms with Crippen molar-refractivity contribution in [2.24, 2.45) is 0 Å². The van der Waals surface area contributed by atoms with E-state index >= 15 is 0 Å². The van der Waals surface area contributed by atoms with Crippen LogP contribution in [-0.2, 0) is 6.61 Å². The first-order valence-corrected chi connectivity index (χ1v) is 7.94. The highest BCUT2D eigenvalue weighted by Gasteiger charge is 2.17. The van der Waals surface area contributed by atoms with Crippen LogP contribution in [0.3, 0.4) is 0 Å². The number of aliphatic hydroxyl groups excluding tert-OH is 2. The summed E-state index contributed by atoms with van der Waals surface area (Å²) < 4.78 is 5.67. The summed E-state index contributed by atoms with van der Waals surface area (Å²) in [5, 5.41) is 23.6. The smallest absolute Gasteiger partial charge is 0.119 e. The fourth-order valence-electron chi connectivity index (χ4n) is 2.10. The molecular formula is C17H19Cl2NO3. The van der Waals surface area contributed by atoms with E-state index in [1.807, 2.05) is 6.07 Å². The average molecular weight is 356 g/mol. The third-order valence-corrected chi connectivity index (χ3v) is 4.13. The lowest BCUT2D eigenvalue weighted by molar-refractivity contribution is 0.0202. The molecule has 0 saturated carbocycles. The van der Waals surface area contributed by atoms with Crippen LogP contribution in [-0.4, -0.2) is 29.9 Å². The van der Waals surface area contributed by atoms with Crippen molar-refractivity contribution in [3.8, 4) is 5.75 Å². The minimum absolute atomic E-state index is 0.316. The van der Waals surface area contributed by atoms with E-state index in [2.05, 4.69) is 5.32 Å². The summed E-state index contributed by atoms with van der Waals surface area (Å²) in [6, 6.07) is 12.3. The van der Waals surface area contributed by atoms with Crippen molar-refractivity contribution in [1.82, 2.24) is 5.32 Å². The van der Waals surface area contributed by atoms with E-state index in [4.69, 9.17) is 27.9 Å². The molecule has 0 aliphatic carbocycles. The Labute approximate surface area is 145 Å². The molecule has 0 aliphatic heterocycles. The van der Waals surface area contributed by atoms with E-state index in [9.17, 15) is 10.2 Å². The summed E-state index contributed by atoms with van der Waals surface area (Å²) >= 11 is 11.8. The Kier molecular flexibility index (Phi) is 6.69. The predicted octanol–water partition coefficient (Wildman–Crippen LogP) is 3.19. The Hall–Kier alpha value is -1.30. The third kappa shape index (κ3) is 5.09. The number of halogens is 2. The summed E-state index contributed by atoms with van der Waals surface area (Å²) in [5.74, 6) is 0.662. The molecule has 2 rings (SSSR count). The van der Waals surface area contributed by atoms with E-state index in [1.165, 1.54) is 0 Å². The molecule has 0 aromatic heterocycles. The first-order chi connectivity index (χ1) is 11.0. The number of benzene rings is 2. The Morgan fingerprint density at radius 2 is 1.74 bits per heavy atom. The lowest BCUT2D eigenvalue weighted by Crippen LogP contribution is -2.29. The summed E-state index contributed by atoms with van der Waals surface area (Å²) in [6.07, 6.45) is -1.80. The maximum Gasteiger partial charge on any atom is 0.119 e. The lowest BCUT2D eigenvalue weighted by Gasteiger charge is -2.18. The number of ether oxygens (including phenoxy) is 1. The van der Waals surface area contributed by atoms with Gasteiger partial charge in [0.25, 0.3) is 0 Å². The molecule has 2 atom stereocenters. The number of nitrogens with one attached hydrogen (secondary N) is 1. The standard InChI is InChI=1S/C17H19Cl2NO3/c1-20-9-16(21)17(22)12-3-5-13(6-4-12)23-10-11-2-7-14(18)15(19)8-11/h2-8,16-17,20-22H,9-10H2,1H3. The lowest BCUT2D eigenvalue weighted by atomic mass is 10.0. The second-order valence-electron chi connectivity index (χ2n) is 5.18. The third-order valence-electron chi connectivity index (χ3n) is 3.39. The number of hydrogen-bond donors (Lipinski definition) is 3. The molecule has 2 unspecified atom stereocenters. The van der Waals surface area contributed by atoms with Crippen LogP contribution in [0.25, 0.3) is 0 Å². The molecule has 0 radical (unpaired) electrons. The molecule has 3 N–H and O–H groups in total. The van der Waals surface area contributed by atoms with E-state index in [0.717, 1.165) is 5.56 Å². The quantitative estimate of drug-likeness (QED) is 0.713. The molecular weight excluding hydrogens is 337 g/mol. The molecule has 0 saturated heterocycles. The van der Waals surface area contributed by atoms with Crippen LogP contribution >= 0.6 is 23.2 Å². The predicted molar refractivity (Wildman–Crippen MR) is 92.1 cm³/mol. The van der Waals surface area contributed by atoms with Crippen molar-refractivity contribution in [1.29, 1.82) is 0 Å².